The molecule has 0 aromatic rings. The molecule has 2 N–H and O–H groups in total. The molecule has 0 amide bonds. The van der Waals surface area contributed by atoms with Gasteiger partial charge in [-0.3, -0.25) is 9.11 Å². The first kappa shape index (κ1) is 16.4. The van der Waals surface area contributed by atoms with Gasteiger partial charge in [0.1, 0.15) is 0 Å². The second-order valence-electron chi connectivity index (χ2n) is 0.448. The zero-order valence-corrected chi connectivity index (χ0v) is 11.3. The molecule has 40 valence electrons. The topological polar surface area (TPSA) is 74.6 Å². The summed E-state index contributed by atoms with van der Waals surface area (Å²) in [6.07, 6.45) is 0. The second-order valence-corrected chi connectivity index (χ2v) is 1.34. The molecular weight excluding hydrogens is 271 g/mol. The maximum atomic E-state index is 8.74. The molecule has 7 heavy (non-hydrogen) atoms. The Morgan fingerprint density at radius 2 is 1.14 bits per heavy atom. The van der Waals surface area contributed by atoms with Crippen LogP contribution in [-0.4, -0.2) is 108 Å². The predicted molar refractivity (Wildman–Crippen MR) is 30.1 cm³/mol. The predicted octanol–water partition coefficient (Wildman–Crippen LogP) is -0.964. The van der Waals surface area contributed by atoms with E-state index in [4.69, 9.17) is 17.5 Å². The van der Waals surface area contributed by atoms with Gasteiger partial charge in [-0.1, -0.05) is 0 Å². The molecule has 0 heterocycles. The zero-order chi connectivity index (χ0) is 4.50. The van der Waals surface area contributed by atoms with E-state index in [1.807, 2.05) is 0 Å². The summed E-state index contributed by atoms with van der Waals surface area (Å²) >= 11 is 0. The largest absolute Gasteiger partial charge is 2.00 e. The van der Waals surface area contributed by atoms with Gasteiger partial charge in [0.15, 0.2) is 0 Å². The van der Waals surface area contributed by atoms with Gasteiger partial charge in [-0.05, 0) is 0 Å². The van der Waals surface area contributed by atoms with E-state index in [1.165, 1.54) is 0 Å². The molecule has 0 aromatic carbocycles. The molecule has 0 saturated heterocycles. The van der Waals surface area contributed by atoms with Gasteiger partial charge in [-0.2, -0.15) is 8.42 Å². The van der Waals surface area contributed by atoms with Gasteiger partial charge < -0.3 is 5.71 Å². The first-order chi connectivity index (χ1) is 2.00. The summed E-state index contributed by atoms with van der Waals surface area (Å²) in [4.78, 5) is 0. The molecule has 0 aliphatic rings. The SMILES string of the molecule is O=S(=O)(O)O.[H-].[H-].[H-].[H-].[Sr+2].[Sr+2]. The Labute approximate surface area is 122 Å². The monoisotopic (exact) mass is 278 g/mol. The van der Waals surface area contributed by atoms with Crippen molar-refractivity contribution < 1.29 is 23.2 Å². The van der Waals surface area contributed by atoms with Crippen molar-refractivity contribution in [2.24, 2.45) is 0 Å². The normalized spacial score (nSPS) is 8.29. The minimum Gasteiger partial charge on any atom is -1.00 e. The van der Waals surface area contributed by atoms with Gasteiger partial charge in [0, 0.05) is 0 Å². The standard InChI is InChI=1S/H2O4S.2Sr.4H/c1-5(2,3)4;;;;;;/h(H2,1,2,3,4);;;;;;/q;2*+2;4*-1. The average Bonchev–Trinajstić information content (AvgIpc) is 0.722. The van der Waals surface area contributed by atoms with E-state index in [9.17, 15) is 0 Å². The number of rotatable bonds is 0. The van der Waals surface area contributed by atoms with Crippen molar-refractivity contribution in [3.05, 3.63) is 0 Å². The fourth-order valence-corrected chi connectivity index (χ4v) is 0. The molecule has 0 bridgehead atoms. The molecule has 0 unspecified atom stereocenters. The number of hydrogen-bond donors (Lipinski definition) is 2. The molecule has 0 aliphatic heterocycles. The molecule has 4 nitrogen and oxygen atoms in total. The minimum absolute atomic E-state index is 0. The zero-order valence-electron chi connectivity index (χ0n) is 7.53. The fraction of sp³-hybridized carbons (Fsp3) is 0. The molecule has 0 aliphatic carbocycles. The summed E-state index contributed by atoms with van der Waals surface area (Å²) in [5.74, 6) is 0. The first-order valence-corrected chi connectivity index (χ1v) is 2.10. The Hall–Kier alpha value is 2.83. The van der Waals surface area contributed by atoms with Crippen LogP contribution in [0.4, 0.5) is 0 Å². The van der Waals surface area contributed by atoms with Gasteiger partial charge in [0.2, 0.25) is 0 Å². The molecule has 0 saturated carbocycles. The van der Waals surface area contributed by atoms with Crippen LogP contribution in [0.3, 0.4) is 0 Å². The van der Waals surface area contributed by atoms with Crippen LogP contribution in [-0.2, 0) is 10.4 Å². The van der Waals surface area contributed by atoms with Crippen LogP contribution in [0.2, 0.25) is 0 Å². The smallest absolute Gasteiger partial charge is 1.00 e. The Kier molecular flexibility index (Phi) is 16.3. The fourth-order valence-electron chi connectivity index (χ4n) is 0. The Morgan fingerprint density at radius 3 is 1.14 bits per heavy atom. The van der Waals surface area contributed by atoms with E-state index in [1.54, 1.807) is 0 Å². The molecule has 7 heteroatoms. The van der Waals surface area contributed by atoms with Gasteiger partial charge >= 0.3 is 101 Å². The molecular formula is H6O4SSr2. The third-order valence-electron chi connectivity index (χ3n) is 0. The van der Waals surface area contributed by atoms with Crippen LogP contribution in [0.5, 0.6) is 0 Å². The van der Waals surface area contributed by atoms with Gasteiger partial charge in [0.05, 0.1) is 0 Å². The van der Waals surface area contributed by atoms with E-state index >= 15 is 0 Å². The van der Waals surface area contributed by atoms with Crippen LogP contribution in [0.1, 0.15) is 5.71 Å². The minimum atomic E-state index is -4.67. The van der Waals surface area contributed by atoms with Crippen molar-refractivity contribution in [2.75, 3.05) is 0 Å². The molecule has 0 spiro atoms. The summed E-state index contributed by atoms with van der Waals surface area (Å²) in [6.45, 7) is 0. The van der Waals surface area contributed by atoms with Crippen molar-refractivity contribution in [1.29, 1.82) is 0 Å². The van der Waals surface area contributed by atoms with Gasteiger partial charge in [-0.25, -0.2) is 0 Å². The maximum absolute atomic E-state index is 8.74. The van der Waals surface area contributed by atoms with Gasteiger partial charge in [-0.15, -0.1) is 0 Å². The van der Waals surface area contributed by atoms with Crippen LogP contribution in [0.25, 0.3) is 0 Å². The van der Waals surface area contributed by atoms with Crippen LogP contribution >= 0.6 is 0 Å². The molecule has 0 atom stereocenters. The summed E-state index contributed by atoms with van der Waals surface area (Å²) < 4.78 is 31.6. The first-order valence-electron chi connectivity index (χ1n) is 0.698. The van der Waals surface area contributed by atoms with Crippen LogP contribution in [0, 0.1) is 0 Å². The maximum Gasteiger partial charge on any atom is 2.00 e. The summed E-state index contributed by atoms with van der Waals surface area (Å²) in [5.41, 5.74) is 0. The van der Waals surface area contributed by atoms with Crippen molar-refractivity contribution in [1.82, 2.24) is 0 Å². The van der Waals surface area contributed by atoms with Crippen LogP contribution < -0.4 is 0 Å². The quantitative estimate of drug-likeness (QED) is 0.441. The Bertz CT molecular complexity index is 103. The van der Waals surface area contributed by atoms with E-state index in [0.717, 1.165) is 0 Å². The molecule has 0 aromatic heterocycles. The van der Waals surface area contributed by atoms with E-state index < -0.39 is 10.4 Å². The van der Waals surface area contributed by atoms with E-state index in [2.05, 4.69) is 0 Å². The third kappa shape index (κ3) is 51.4. The van der Waals surface area contributed by atoms with Crippen molar-refractivity contribution in [3.63, 3.8) is 0 Å². The second kappa shape index (κ2) is 6.94. The van der Waals surface area contributed by atoms with Crippen LogP contribution in [0.15, 0.2) is 0 Å². The van der Waals surface area contributed by atoms with E-state index in [0.29, 0.717) is 0 Å². The van der Waals surface area contributed by atoms with Gasteiger partial charge in [0.25, 0.3) is 0 Å². The van der Waals surface area contributed by atoms with Crippen molar-refractivity contribution >= 4 is 101 Å². The Morgan fingerprint density at radius 1 is 1.14 bits per heavy atom. The average molecular weight is 277 g/mol. The van der Waals surface area contributed by atoms with E-state index in [-0.39, 0.29) is 96.7 Å². The number of hydrogen-bond acceptors (Lipinski definition) is 2. The van der Waals surface area contributed by atoms with Crippen molar-refractivity contribution in [2.45, 2.75) is 0 Å². The Balaban J connectivity index is -0.00000000533. The molecule has 0 rings (SSSR count). The summed E-state index contributed by atoms with van der Waals surface area (Å²) in [5, 5.41) is 0. The molecule has 0 radical (unpaired) electrons. The third-order valence-corrected chi connectivity index (χ3v) is 0. The summed E-state index contributed by atoms with van der Waals surface area (Å²) in [6, 6.07) is 0. The van der Waals surface area contributed by atoms with Crippen molar-refractivity contribution in [3.8, 4) is 0 Å². The summed E-state index contributed by atoms with van der Waals surface area (Å²) in [7, 11) is -4.67. The molecule has 0 fully saturated rings.